The molecule has 4 rings (SSSR count). The van der Waals surface area contributed by atoms with Crippen molar-refractivity contribution < 1.29 is 0 Å². The highest BCUT2D eigenvalue weighted by atomic mass is 15.3. The first-order valence-electron chi connectivity index (χ1n) is 8.83. The topological polar surface area (TPSA) is 33.1 Å². The molecule has 1 aromatic carbocycles. The van der Waals surface area contributed by atoms with Crippen LogP contribution in [0.5, 0.6) is 0 Å². The molecule has 0 spiro atoms. The standard InChI is InChI=1S/C19H26N4/c1-14(2)23-13-19(10-20-23)21-18-6-5-16-7-8-22(11-15-3-4-15)12-17(16)9-18/h5-6,9-10,13-15,21H,3-4,7-8,11-12H2,1-2H3. The maximum Gasteiger partial charge on any atom is 0.0770 e. The number of hydrogen-bond donors (Lipinski definition) is 1. The molecule has 1 aromatic heterocycles. The maximum atomic E-state index is 4.40. The second-order valence-electron chi connectivity index (χ2n) is 7.34. The molecule has 4 nitrogen and oxygen atoms in total. The number of anilines is 2. The summed E-state index contributed by atoms with van der Waals surface area (Å²) in [5, 5.41) is 7.89. The maximum absolute atomic E-state index is 4.40. The van der Waals surface area contributed by atoms with Crippen LogP contribution < -0.4 is 5.32 Å². The third-order valence-corrected chi connectivity index (χ3v) is 4.93. The molecular formula is C19H26N4. The van der Waals surface area contributed by atoms with Gasteiger partial charge in [0.1, 0.15) is 0 Å². The number of hydrogen-bond acceptors (Lipinski definition) is 3. The van der Waals surface area contributed by atoms with Crippen molar-refractivity contribution in [1.82, 2.24) is 14.7 Å². The van der Waals surface area contributed by atoms with Crippen LogP contribution in [0.2, 0.25) is 0 Å². The molecule has 0 radical (unpaired) electrons. The summed E-state index contributed by atoms with van der Waals surface area (Å²) in [7, 11) is 0. The van der Waals surface area contributed by atoms with Crippen LogP contribution in [0.25, 0.3) is 0 Å². The fourth-order valence-corrected chi connectivity index (χ4v) is 3.37. The van der Waals surface area contributed by atoms with Crippen molar-refractivity contribution in [3.63, 3.8) is 0 Å². The fraction of sp³-hybridized carbons (Fsp3) is 0.526. The van der Waals surface area contributed by atoms with E-state index in [1.165, 1.54) is 49.2 Å². The van der Waals surface area contributed by atoms with Gasteiger partial charge in [0.25, 0.3) is 0 Å². The normalized spacial score (nSPS) is 18.2. The molecule has 1 saturated carbocycles. The highest BCUT2D eigenvalue weighted by molar-refractivity contribution is 5.60. The molecule has 0 unspecified atom stereocenters. The van der Waals surface area contributed by atoms with E-state index in [-0.39, 0.29) is 0 Å². The largest absolute Gasteiger partial charge is 0.353 e. The van der Waals surface area contributed by atoms with Crippen molar-refractivity contribution in [3.8, 4) is 0 Å². The molecule has 0 saturated heterocycles. The Morgan fingerprint density at radius 1 is 1.22 bits per heavy atom. The Bertz CT molecular complexity index is 684. The number of rotatable bonds is 5. The molecule has 122 valence electrons. The molecule has 2 aliphatic rings. The first kappa shape index (κ1) is 14.8. The Balaban J connectivity index is 1.47. The lowest BCUT2D eigenvalue weighted by Gasteiger charge is -2.29. The third-order valence-electron chi connectivity index (χ3n) is 4.93. The van der Waals surface area contributed by atoms with Gasteiger partial charge < -0.3 is 5.32 Å². The van der Waals surface area contributed by atoms with Crippen molar-refractivity contribution in [2.45, 2.75) is 45.7 Å². The van der Waals surface area contributed by atoms with Gasteiger partial charge in [-0.1, -0.05) is 6.07 Å². The van der Waals surface area contributed by atoms with E-state index >= 15 is 0 Å². The Kier molecular flexibility index (Phi) is 3.85. The predicted octanol–water partition coefficient (Wildman–Crippen LogP) is 3.98. The minimum Gasteiger partial charge on any atom is -0.353 e. The number of nitrogens with one attached hydrogen (secondary N) is 1. The first-order chi connectivity index (χ1) is 11.2. The Labute approximate surface area is 138 Å². The van der Waals surface area contributed by atoms with Gasteiger partial charge >= 0.3 is 0 Å². The van der Waals surface area contributed by atoms with Gasteiger partial charge in [0.05, 0.1) is 11.9 Å². The first-order valence-corrected chi connectivity index (χ1v) is 8.83. The predicted molar refractivity (Wildman–Crippen MR) is 94.0 cm³/mol. The lowest BCUT2D eigenvalue weighted by Crippen LogP contribution is -2.32. The lowest BCUT2D eigenvalue weighted by atomic mass is 9.99. The van der Waals surface area contributed by atoms with E-state index < -0.39 is 0 Å². The van der Waals surface area contributed by atoms with Gasteiger partial charge in [0.15, 0.2) is 0 Å². The highest BCUT2D eigenvalue weighted by Crippen LogP contribution is 2.32. The summed E-state index contributed by atoms with van der Waals surface area (Å²) < 4.78 is 1.98. The smallest absolute Gasteiger partial charge is 0.0770 e. The Morgan fingerprint density at radius 3 is 2.83 bits per heavy atom. The van der Waals surface area contributed by atoms with Gasteiger partial charge in [-0.2, -0.15) is 5.10 Å². The van der Waals surface area contributed by atoms with Crippen molar-refractivity contribution >= 4 is 11.4 Å². The number of nitrogens with zero attached hydrogens (tertiary/aromatic N) is 3. The number of fused-ring (bicyclic) bond motifs is 1. The summed E-state index contributed by atoms with van der Waals surface area (Å²) in [5.74, 6) is 0.972. The Hall–Kier alpha value is -1.81. The second kappa shape index (κ2) is 6.00. The van der Waals surface area contributed by atoms with Crippen molar-refractivity contribution in [2.24, 2.45) is 5.92 Å². The molecule has 0 bridgehead atoms. The average Bonchev–Trinajstić information content (AvgIpc) is 3.22. The van der Waals surface area contributed by atoms with E-state index in [0.717, 1.165) is 18.2 Å². The van der Waals surface area contributed by atoms with Crippen molar-refractivity contribution in [2.75, 3.05) is 18.4 Å². The number of benzene rings is 1. The van der Waals surface area contributed by atoms with Gasteiger partial charge in [-0.05, 0) is 62.3 Å². The fourth-order valence-electron chi connectivity index (χ4n) is 3.37. The summed E-state index contributed by atoms with van der Waals surface area (Å²) in [6.45, 7) is 7.90. The quantitative estimate of drug-likeness (QED) is 0.907. The number of aromatic nitrogens is 2. The highest BCUT2D eigenvalue weighted by Gasteiger charge is 2.26. The van der Waals surface area contributed by atoms with E-state index in [2.05, 4.69) is 53.6 Å². The molecule has 23 heavy (non-hydrogen) atoms. The molecule has 1 N–H and O–H groups in total. The van der Waals surface area contributed by atoms with E-state index in [9.17, 15) is 0 Å². The molecule has 0 atom stereocenters. The zero-order valence-electron chi connectivity index (χ0n) is 14.1. The Morgan fingerprint density at radius 2 is 2.09 bits per heavy atom. The molecular weight excluding hydrogens is 284 g/mol. The van der Waals surface area contributed by atoms with Gasteiger partial charge in [0, 0.05) is 37.6 Å². The minimum atomic E-state index is 0.394. The van der Waals surface area contributed by atoms with Crippen LogP contribution in [0.3, 0.4) is 0 Å². The van der Waals surface area contributed by atoms with Gasteiger partial charge in [-0.15, -0.1) is 0 Å². The molecule has 2 heterocycles. The molecule has 1 fully saturated rings. The van der Waals surface area contributed by atoms with E-state index in [0.29, 0.717) is 6.04 Å². The van der Waals surface area contributed by atoms with E-state index in [1.807, 2.05) is 10.9 Å². The molecule has 4 heteroatoms. The lowest BCUT2D eigenvalue weighted by molar-refractivity contribution is 0.244. The van der Waals surface area contributed by atoms with Crippen LogP contribution in [0.1, 0.15) is 43.9 Å². The summed E-state index contributed by atoms with van der Waals surface area (Å²) in [4.78, 5) is 2.63. The van der Waals surface area contributed by atoms with Crippen LogP contribution in [0.15, 0.2) is 30.6 Å². The average molecular weight is 310 g/mol. The SMILES string of the molecule is CC(C)n1cc(Nc2ccc3c(c2)CN(CC2CC2)CC3)cn1. The second-order valence-corrected chi connectivity index (χ2v) is 7.34. The van der Waals surface area contributed by atoms with Crippen LogP contribution in [-0.4, -0.2) is 27.8 Å². The zero-order valence-corrected chi connectivity index (χ0v) is 14.1. The summed E-state index contributed by atoms with van der Waals surface area (Å²) in [6, 6.07) is 7.20. The summed E-state index contributed by atoms with van der Waals surface area (Å²) >= 11 is 0. The molecule has 1 aliphatic carbocycles. The van der Waals surface area contributed by atoms with E-state index in [1.54, 1.807) is 0 Å². The minimum absolute atomic E-state index is 0.394. The van der Waals surface area contributed by atoms with Crippen molar-refractivity contribution in [1.29, 1.82) is 0 Å². The van der Waals surface area contributed by atoms with E-state index in [4.69, 9.17) is 0 Å². The van der Waals surface area contributed by atoms with Gasteiger partial charge in [-0.25, -0.2) is 0 Å². The zero-order chi connectivity index (χ0) is 15.8. The monoisotopic (exact) mass is 310 g/mol. The van der Waals surface area contributed by atoms with Gasteiger partial charge in [-0.3, -0.25) is 9.58 Å². The molecule has 2 aromatic rings. The molecule has 1 aliphatic heterocycles. The summed E-state index contributed by atoms with van der Waals surface area (Å²) in [5.41, 5.74) is 5.23. The molecule has 0 amide bonds. The van der Waals surface area contributed by atoms with Crippen LogP contribution in [0.4, 0.5) is 11.4 Å². The summed E-state index contributed by atoms with van der Waals surface area (Å²) in [6.07, 6.45) is 8.03. The van der Waals surface area contributed by atoms with Crippen molar-refractivity contribution in [3.05, 3.63) is 41.7 Å². The van der Waals surface area contributed by atoms with Gasteiger partial charge in [0.2, 0.25) is 0 Å². The van der Waals surface area contributed by atoms with Crippen LogP contribution in [0, 0.1) is 5.92 Å². The van der Waals surface area contributed by atoms with Crippen LogP contribution >= 0.6 is 0 Å². The third kappa shape index (κ3) is 3.42. The van der Waals surface area contributed by atoms with Crippen LogP contribution in [-0.2, 0) is 13.0 Å².